The molecule has 0 aliphatic rings. The summed E-state index contributed by atoms with van der Waals surface area (Å²) >= 11 is 1.37. The first-order valence-electron chi connectivity index (χ1n) is 10.5. The molecule has 0 radical (unpaired) electrons. The van der Waals surface area contributed by atoms with E-state index in [0.717, 1.165) is 11.3 Å². The maximum absolute atomic E-state index is 12.6. The van der Waals surface area contributed by atoms with Crippen LogP contribution in [0.3, 0.4) is 0 Å². The predicted octanol–water partition coefficient (Wildman–Crippen LogP) is 5.45. The number of amides is 1. The van der Waals surface area contributed by atoms with E-state index in [9.17, 15) is 9.59 Å². The molecule has 0 fully saturated rings. The van der Waals surface area contributed by atoms with Crippen molar-refractivity contribution in [3.05, 3.63) is 113 Å². The molecule has 5 rings (SSSR count). The Balaban J connectivity index is 1.19. The topological polar surface area (TPSA) is 81.9 Å². The van der Waals surface area contributed by atoms with Gasteiger partial charge < -0.3 is 19.2 Å². The van der Waals surface area contributed by atoms with E-state index in [1.54, 1.807) is 54.6 Å². The van der Waals surface area contributed by atoms with Crippen molar-refractivity contribution >= 4 is 34.5 Å². The van der Waals surface area contributed by atoms with Gasteiger partial charge >= 0.3 is 5.97 Å². The molecule has 7 nitrogen and oxygen atoms in total. The van der Waals surface area contributed by atoms with Crippen molar-refractivity contribution in [2.45, 2.75) is 6.61 Å². The van der Waals surface area contributed by atoms with Gasteiger partial charge in [-0.15, -0.1) is 11.3 Å². The van der Waals surface area contributed by atoms with Crippen LogP contribution in [-0.4, -0.2) is 21.3 Å². The number of carbonyl (C=O) groups is 2. The molecule has 5 aromatic rings. The molecule has 168 valence electrons. The second-order valence-electron chi connectivity index (χ2n) is 7.36. The van der Waals surface area contributed by atoms with Crippen LogP contribution < -0.4 is 14.8 Å². The summed E-state index contributed by atoms with van der Waals surface area (Å²) in [7, 11) is 0. The summed E-state index contributed by atoms with van der Waals surface area (Å²) in [6.45, 7) is 0.277. The van der Waals surface area contributed by atoms with E-state index in [2.05, 4.69) is 10.3 Å². The zero-order valence-corrected chi connectivity index (χ0v) is 18.7. The highest BCUT2D eigenvalue weighted by molar-refractivity contribution is 7.12. The summed E-state index contributed by atoms with van der Waals surface area (Å²) in [5.41, 5.74) is 2.60. The van der Waals surface area contributed by atoms with Crippen LogP contribution in [0.15, 0.2) is 96.6 Å². The molecular weight excluding hydrogens is 450 g/mol. The van der Waals surface area contributed by atoms with E-state index in [-0.39, 0.29) is 12.5 Å². The van der Waals surface area contributed by atoms with Crippen molar-refractivity contribution in [1.82, 2.24) is 9.38 Å². The van der Waals surface area contributed by atoms with E-state index in [4.69, 9.17) is 9.47 Å². The number of rotatable bonds is 7. The van der Waals surface area contributed by atoms with Gasteiger partial charge in [-0.25, -0.2) is 9.78 Å². The molecule has 2 aromatic carbocycles. The number of nitrogens with zero attached hydrogens (tertiary/aromatic N) is 2. The summed E-state index contributed by atoms with van der Waals surface area (Å²) in [5.74, 6) is 0.224. The van der Waals surface area contributed by atoms with Crippen LogP contribution in [0.2, 0.25) is 0 Å². The third-order valence-corrected chi connectivity index (χ3v) is 5.81. The number of carbonyl (C=O) groups excluding carboxylic acids is 2. The molecule has 0 saturated carbocycles. The van der Waals surface area contributed by atoms with Crippen LogP contribution in [0.1, 0.15) is 25.7 Å². The number of thiophene rings is 1. The number of hydrogen-bond donors (Lipinski definition) is 1. The van der Waals surface area contributed by atoms with Crippen LogP contribution in [0.5, 0.6) is 11.5 Å². The molecule has 0 bridgehead atoms. The molecule has 0 atom stereocenters. The first kappa shape index (κ1) is 21.4. The molecule has 3 aromatic heterocycles. The van der Waals surface area contributed by atoms with Gasteiger partial charge in [0.25, 0.3) is 5.91 Å². The SMILES string of the molecule is O=C(Oc1ccc(NC(=O)c2cccs2)cc1)c1cccc(OCc2cn3ccccc3n2)c1. The summed E-state index contributed by atoms with van der Waals surface area (Å²) in [6.07, 6.45) is 3.83. The Morgan fingerprint density at radius 3 is 2.62 bits per heavy atom. The van der Waals surface area contributed by atoms with Gasteiger partial charge in [0.15, 0.2) is 0 Å². The molecule has 34 heavy (non-hydrogen) atoms. The second-order valence-corrected chi connectivity index (χ2v) is 8.31. The number of aromatic nitrogens is 2. The molecule has 0 aliphatic carbocycles. The molecule has 0 saturated heterocycles. The Morgan fingerprint density at radius 2 is 1.82 bits per heavy atom. The van der Waals surface area contributed by atoms with Crippen molar-refractivity contribution in [3.8, 4) is 11.5 Å². The molecule has 0 aliphatic heterocycles. The minimum Gasteiger partial charge on any atom is -0.487 e. The summed E-state index contributed by atoms with van der Waals surface area (Å²) in [5, 5.41) is 4.65. The number of nitrogens with one attached hydrogen (secondary N) is 1. The Hall–Kier alpha value is -4.43. The number of esters is 1. The summed E-state index contributed by atoms with van der Waals surface area (Å²) < 4.78 is 13.2. The number of benzene rings is 2. The Bertz CT molecular complexity index is 1410. The van der Waals surface area contributed by atoms with Crippen molar-refractivity contribution < 1.29 is 19.1 Å². The molecule has 0 spiro atoms. The summed E-state index contributed by atoms with van der Waals surface area (Å²) in [4.78, 5) is 29.9. The number of pyridine rings is 1. The predicted molar refractivity (Wildman–Crippen MR) is 130 cm³/mol. The van der Waals surface area contributed by atoms with E-state index >= 15 is 0 Å². The van der Waals surface area contributed by atoms with Crippen LogP contribution in [0, 0.1) is 0 Å². The molecular formula is C26H19N3O4S. The first-order chi connectivity index (χ1) is 16.6. The van der Waals surface area contributed by atoms with Crippen molar-refractivity contribution in [1.29, 1.82) is 0 Å². The van der Waals surface area contributed by atoms with Gasteiger partial charge in [-0.1, -0.05) is 18.2 Å². The third kappa shape index (κ3) is 4.97. The van der Waals surface area contributed by atoms with E-state index in [0.29, 0.717) is 27.6 Å². The molecule has 8 heteroatoms. The van der Waals surface area contributed by atoms with Crippen LogP contribution in [0.4, 0.5) is 5.69 Å². The van der Waals surface area contributed by atoms with Crippen LogP contribution in [0.25, 0.3) is 5.65 Å². The number of hydrogen-bond acceptors (Lipinski definition) is 6. The lowest BCUT2D eigenvalue weighted by Crippen LogP contribution is -2.11. The van der Waals surface area contributed by atoms with Crippen molar-refractivity contribution in [2.75, 3.05) is 5.32 Å². The Morgan fingerprint density at radius 1 is 0.941 bits per heavy atom. The smallest absolute Gasteiger partial charge is 0.343 e. The summed E-state index contributed by atoms with van der Waals surface area (Å²) in [6, 6.07) is 22.8. The van der Waals surface area contributed by atoms with Crippen LogP contribution >= 0.6 is 11.3 Å². The van der Waals surface area contributed by atoms with Gasteiger partial charge in [0, 0.05) is 18.1 Å². The highest BCUT2D eigenvalue weighted by Gasteiger charge is 2.12. The minimum atomic E-state index is -0.506. The third-order valence-electron chi connectivity index (χ3n) is 4.94. The molecule has 3 heterocycles. The largest absolute Gasteiger partial charge is 0.487 e. The van der Waals surface area contributed by atoms with Crippen molar-refractivity contribution in [2.24, 2.45) is 0 Å². The quantitative estimate of drug-likeness (QED) is 0.253. The number of anilines is 1. The molecule has 1 amide bonds. The number of imidazole rings is 1. The standard InChI is InChI=1S/C26H19N3O4S/c30-25(23-7-4-14-34-23)28-19-9-11-21(12-10-19)33-26(31)18-5-3-6-22(15-18)32-17-20-16-29-13-2-1-8-24(29)27-20/h1-16H,17H2,(H,28,30). The zero-order chi connectivity index (χ0) is 23.3. The fourth-order valence-corrected chi connectivity index (χ4v) is 3.92. The maximum atomic E-state index is 12.6. The highest BCUT2D eigenvalue weighted by atomic mass is 32.1. The number of ether oxygens (including phenoxy) is 2. The van der Waals surface area contributed by atoms with Gasteiger partial charge in [0.2, 0.25) is 0 Å². The van der Waals surface area contributed by atoms with Crippen molar-refractivity contribution in [3.63, 3.8) is 0 Å². The lowest BCUT2D eigenvalue weighted by atomic mass is 10.2. The zero-order valence-electron chi connectivity index (χ0n) is 17.9. The normalized spacial score (nSPS) is 10.7. The lowest BCUT2D eigenvalue weighted by Gasteiger charge is -2.08. The Labute approximate surface area is 199 Å². The van der Waals surface area contributed by atoms with Gasteiger partial charge in [0.05, 0.1) is 16.1 Å². The lowest BCUT2D eigenvalue weighted by molar-refractivity contribution is 0.0734. The minimum absolute atomic E-state index is 0.180. The molecule has 1 N–H and O–H groups in total. The van der Waals surface area contributed by atoms with E-state index < -0.39 is 5.97 Å². The van der Waals surface area contributed by atoms with Gasteiger partial charge in [-0.3, -0.25) is 4.79 Å². The van der Waals surface area contributed by atoms with Crippen LogP contribution in [-0.2, 0) is 6.61 Å². The maximum Gasteiger partial charge on any atom is 0.343 e. The average molecular weight is 470 g/mol. The van der Waals surface area contributed by atoms with Gasteiger partial charge in [-0.2, -0.15) is 0 Å². The first-order valence-corrected chi connectivity index (χ1v) is 11.3. The monoisotopic (exact) mass is 469 g/mol. The average Bonchev–Trinajstić information content (AvgIpc) is 3.54. The highest BCUT2D eigenvalue weighted by Crippen LogP contribution is 2.21. The number of fused-ring (bicyclic) bond motifs is 1. The van der Waals surface area contributed by atoms with Gasteiger partial charge in [-0.05, 0) is 66.0 Å². The van der Waals surface area contributed by atoms with E-state index in [1.807, 2.05) is 46.4 Å². The second kappa shape index (κ2) is 9.60. The van der Waals surface area contributed by atoms with Gasteiger partial charge in [0.1, 0.15) is 23.8 Å². The fourth-order valence-electron chi connectivity index (χ4n) is 3.30. The fraction of sp³-hybridized carbons (Fsp3) is 0.0385. The molecule has 0 unspecified atom stereocenters. The Kier molecular flexibility index (Phi) is 6.05. The van der Waals surface area contributed by atoms with E-state index in [1.165, 1.54) is 11.3 Å².